The third kappa shape index (κ3) is 4.50. The van der Waals surface area contributed by atoms with Gasteiger partial charge in [-0.15, -0.1) is 0 Å². The van der Waals surface area contributed by atoms with Crippen molar-refractivity contribution < 1.29 is 34.1 Å². The highest BCUT2D eigenvalue weighted by Gasteiger charge is 2.47. The van der Waals surface area contributed by atoms with Gasteiger partial charge in [-0.1, -0.05) is 41.9 Å². The minimum Gasteiger partial charge on any atom is -0.507 e. The predicted molar refractivity (Wildman–Crippen MR) is 132 cm³/mol. The van der Waals surface area contributed by atoms with Crippen LogP contribution in [0.1, 0.15) is 33.1 Å². The van der Waals surface area contributed by atoms with Crippen LogP contribution < -0.4 is 9.47 Å². The molecule has 3 aromatic carbocycles. The first-order valence-electron chi connectivity index (χ1n) is 10.8. The molecule has 184 valence electrons. The number of methoxy groups -OCH3 is 2. The van der Waals surface area contributed by atoms with Crippen molar-refractivity contribution in [1.82, 2.24) is 4.90 Å². The number of ketones is 1. The summed E-state index contributed by atoms with van der Waals surface area (Å²) in [6.45, 7) is -0.0172. The summed E-state index contributed by atoms with van der Waals surface area (Å²) in [4.78, 5) is 39.1. The van der Waals surface area contributed by atoms with Crippen LogP contribution in [0.4, 0.5) is 0 Å². The average Bonchev–Trinajstić information content (AvgIpc) is 3.13. The maximum absolute atomic E-state index is 13.3. The van der Waals surface area contributed by atoms with E-state index in [1.54, 1.807) is 48.5 Å². The summed E-state index contributed by atoms with van der Waals surface area (Å²) in [6, 6.07) is 16.4. The Balaban J connectivity index is 1.90. The highest BCUT2D eigenvalue weighted by atomic mass is 35.5. The number of para-hydroxylation sites is 1. The Kier molecular flexibility index (Phi) is 6.98. The molecule has 4 rings (SSSR count). The fourth-order valence-corrected chi connectivity index (χ4v) is 4.39. The number of carboxylic acid groups (broad SMARTS) is 1. The lowest BCUT2D eigenvalue weighted by atomic mass is 9.94. The highest BCUT2D eigenvalue weighted by Crippen LogP contribution is 2.44. The number of aromatic carboxylic acids is 1. The first-order chi connectivity index (χ1) is 17.3. The van der Waals surface area contributed by atoms with Crippen LogP contribution in [0.5, 0.6) is 11.5 Å². The van der Waals surface area contributed by atoms with Crippen LogP contribution in [0.15, 0.2) is 72.3 Å². The normalized spacial score (nSPS) is 16.8. The summed E-state index contributed by atoms with van der Waals surface area (Å²) in [7, 11) is 2.88. The van der Waals surface area contributed by atoms with E-state index in [2.05, 4.69) is 0 Å². The minimum absolute atomic E-state index is 0.0172. The molecule has 1 aliphatic rings. The first kappa shape index (κ1) is 24.8. The molecular weight excluding hydrogens is 486 g/mol. The topological polar surface area (TPSA) is 113 Å². The number of hydrogen-bond acceptors (Lipinski definition) is 6. The van der Waals surface area contributed by atoms with Crippen molar-refractivity contribution in [2.75, 3.05) is 14.2 Å². The van der Waals surface area contributed by atoms with E-state index >= 15 is 0 Å². The van der Waals surface area contributed by atoms with Gasteiger partial charge < -0.3 is 24.6 Å². The van der Waals surface area contributed by atoms with Crippen molar-refractivity contribution in [3.05, 3.63) is 99.6 Å². The van der Waals surface area contributed by atoms with Gasteiger partial charge in [-0.25, -0.2) is 4.79 Å². The molecule has 0 radical (unpaired) electrons. The number of rotatable bonds is 7. The van der Waals surface area contributed by atoms with Crippen LogP contribution in [0.2, 0.25) is 5.02 Å². The first-order valence-corrected chi connectivity index (χ1v) is 11.2. The largest absolute Gasteiger partial charge is 0.507 e. The molecule has 36 heavy (non-hydrogen) atoms. The van der Waals surface area contributed by atoms with Crippen molar-refractivity contribution in [3.8, 4) is 11.5 Å². The maximum atomic E-state index is 13.3. The molecule has 0 bridgehead atoms. The second kappa shape index (κ2) is 10.1. The van der Waals surface area contributed by atoms with E-state index in [1.807, 2.05) is 0 Å². The van der Waals surface area contributed by atoms with Crippen LogP contribution in [0.25, 0.3) is 5.76 Å². The second-order valence-corrected chi connectivity index (χ2v) is 8.45. The number of carbonyl (C=O) groups excluding carboxylic acids is 2. The van der Waals surface area contributed by atoms with Gasteiger partial charge in [0, 0.05) is 17.1 Å². The van der Waals surface area contributed by atoms with Crippen LogP contribution in [-0.4, -0.2) is 47.0 Å². The Labute approximate surface area is 211 Å². The zero-order valence-corrected chi connectivity index (χ0v) is 20.2. The van der Waals surface area contributed by atoms with Gasteiger partial charge in [0.15, 0.2) is 0 Å². The van der Waals surface area contributed by atoms with E-state index in [0.29, 0.717) is 21.9 Å². The molecule has 0 spiro atoms. The van der Waals surface area contributed by atoms with Gasteiger partial charge in [0.05, 0.1) is 37.0 Å². The standard InChI is InChI=1S/C27H22ClNO7/c1-35-20-6-4-3-5-18(20)23-22(24(30)19-13-17(28)11-12-21(19)36-2)25(31)26(32)29(23)14-15-7-9-16(10-8-15)27(33)34/h3-13,23,30H,14H2,1-2H3,(H,33,34)/b24-22+. The Morgan fingerprint density at radius 2 is 1.61 bits per heavy atom. The molecule has 0 saturated carbocycles. The third-order valence-electron chi connectivity index (χ3n) is 5.94. The Morgan fingerprint density at radius 3 is 2.25 bits per heavy atom. The monoisotopic (exact) mass is 507 g/mol. The molecule has 0 aromatic heterocycles. The number of nitrogens with zero attached hydrogens (tertiary/aromatic N) is 1. The molecule has 1 fully saturated rings. The Hall–Kier alpha value is -4.30. The van der Waals surface area contributed by atoms with Gasteiger partial charge in [0.25, 0.3) is 11.7 Å². The highest BCUT2D eigenvalue weighted by molar-refractivity contribution is 6.46. The fourth-order valence-electron chi connectivity index (χ4n) is 4.22. The number of hydrogen-bond donors (Lipinski definition) is 2. The van der Waals surface area contributed by atoms with E-state index in [0.717, 1.165) is 0 Å². The SMILES string of the molecule is COc1ccc(Cl)cc1/C(O)=C1\C(=O)C(=O)N(Cc2ccc(C(=O)O)cc2)C1c1ccccc1OC. The average molecular weight is 508 g/mol. The molecule has 1 unspecified atom stereocenters. The van der Waals surface area contributed by atoms with Crippen molar-refractivity contribution in [1.29, 1.82) is 0 Å². The van der Waals surface area contributed by atoms with Crippen molar-refractivity contribution >= 4 is 35.0 Å². The predicted octanol–water partition coefficient (Wildman–Crippen LogP) is 4.68. The number of Topliss-reactive ketones (excluding diaryl/α,β-unsaturated/α-hetero) is 1. The number of benzene rings is 3. The van der Waals surface area contributed by atoms with Crippen LogP contribution in [0.3, 0.4) is 0 Å². The zero-order valence-electron chi connectivity index (χ0n) is 19.4. The molecule has 8 nitrogen and oxygen atoms in total. The van der Waals surface area contributed by atoms with E-state index < -0.39 is 29.5 Å². The van der Waals surface area contributed by atoms with Gasteiger partial charge in [0.1, 0.15) is 17.3 Å². The lowest BCUT2D eigenvalue weighted by Crippen LogP contribution is -2.29. The van der Waals surface area contributed by atoms with Crippen molar-refractivity contribution in [2.45, 2.75) is 12.6 Å². The van der Waals surface area contributed by atoms with Gasteiger partial charge in [0.2, 0.25) is 0 Å². The maximum Gasteiger partial charge on any atom is 0.335 e. The summed E-state index contributed by atoms with van der Waals surface area (Å²) >= 11 is 6.15. The van der Waals surface area contributed by atoms with Gasteiger partial charge in [-0.2, -0.15) is 0 Å². The summed E-state index contributed by atoms with van der Waals surface area (Å²) < 4.78 is 10.8. The van der Waals surface area contributed by atoms with Gasteiger partial charge in [-0.3, -0.25) is 9.59 Å². The summed E-state index contributed by atoms with van der Waals surface area (Å²) in [5.74, 6) is -2.53. The summed E-state index contributed by atoms with van der Waals surface area (Å²) in [6.07, 6.45) is 0. The Morgan fingerprint density at radius 1 is 0.944 bits per heavy atom. The number of ether oxygens (including phenoxy) is 2. The second-order valence-electron chi connectivity index (χ2n) is 8.02. The summed E-state index contributed by atoms with van der Waals surface area (Å²) in [5, 5.41) is 20.8. The minimum atomic E-state index is -1.08. The lowest BCUT2D eigenvalue weighted by molar-refractivity contribution is -0.140. The molecule has 2 N–H and O–H groups in total. The van der Waals surface area contributed by atoms with Crippen LogP contribution in [0, 0.1) is 0 Å². The molecule has 9 heteroatoms. The van der Waals surface area contributed by atoms with Gasteiger partial charge in [-0.05, 0) is 42.0 Å². The quantitative estimate of drug-likeness (QED) is 0.271. The van der Waals surface area contributed by atoms with E-state index in [1.165, 1.54) is 37.3 Å². The molecule has 1 saturated heterocycles. The molecule has 3 aromatic rings. The van der Waals surface area contributed by atoms with Crippen LogP contribution in [-0.2, 0) is 16.1 Å². The number of likely N-dealkylation sites (tertiary alicyclic amines) is 1. The number of carboxylic acids is 1. The lowest BCUT2D eigenvalue weighted by Gasteiger charge is -2.27. The van der Waals surface area contributed by atoms with Gasteiger partial charge >= 0.3 is 5.97 Å². The van der Waals surface area contributed by atoms with Crippen LogP contribution >= 0.6 is 11.6 Å². The molecule has 1 atom stereocenters. The number of aliphatic hydroxyl groups excluding tert-OH is 1. The Bertz CT molecular complexity index is 1380. The smallest absolute Gasteiger partial charge is 0.335 e. The third-order valence-corrected chi connectivity index (χ3v) is 6.18. The number of aliphatic hydroxyl groups is 1. The number of carbonyl (C=O) groups is 3. The molecular formula is C27H22ClNO7. The number of halogens is 1. The van der Waals surface area contributed by atoms with Crippen molar-refractivity contribution in [3.63, 3.8) is 0 Å². The van der Waals surface area contributed by atoms with Crippen molar-refractivity contribution in [2.24, 2.45) is 0 Å². The van der Waals surface area contributed by atoms with E-state index in [9.17, 15) is 24.6 Å². The van der Waals surface area contributed by atoms with E-state index in [-0.39, 0.29) is 29.0 Å². The summed E-state index contributed by atoms with van der Waals surface area (Å²) in [5.41, 5.74) is 1.20. The molecule has 1 amide bonds. The molecule has 0 aliphatic carbocycles. The fraction of sp³-hybridized carbons (Fsp3) is 0.148. The number of amides is 1. The zero-order chi connectivity index (χ0) is 26.0. The molecule has 1 heterocycles. The van der Waals surface area contributed by atoms with E-state index in [4.69, 9.17) is 21.1 Å². The molecule has 1 aliphatic heterocycles.